The van der Waals surface area contributed by atoms with E-state index >= 15 is 0 Å². The number of carbonyl (C=O) groups is 1. The van der Waals surface area contributed by atoms with Gasteiger partial charge in [-0.3, -0.25) is 0 Å². The molecule has 31 heavy (non-hydrogen) atoms. The third-order valence-corrected chi connectivity index (χ3v) is 7.97. The highest BCUT2D eigenvalue weighted by Gasteiger charge is 2.45. The van der Waals surface area contributed by atoms with E-state index in [0.29, 0.717) is 26.2 Å². The van der Waals surface area contributed by atoms with Gasteiger partial charge in [0.2, 0.25) is 10.0 Å². The van der Waals surface area contributed by atoms with Crippen LogP contribution in [0.4, 0.5) is 4.79 Å². The van der Waals surface area contributed by atoms with E-state index in [-0.39, 0.29) is 18.1 Å². The Morgan fingerprint density at radius 2 is 1.71 bits per heavy atom. The molecule has 0 aliphatic carbocycles. The van der Waals surface area contributed by atoms with Gasteiger partial charge in [0, 0.05) is 31.6 Å². The molecule has 4 rings (SSSR count). The maximum absolute atomic E-state index is 12.6. The summed E-state index contributed by atoms with van der Waals surface area (Å²) in [5.41, 5.74) is 5.40. The summed E-state index contributed by atoms with van der Waals surface area (Å²) in [7, 11) is -3.31. The number of benzene rings is 2. The van der Waals surface area contributed by atoms with E-state index in [0.717, 1.165) is 24.0 Å². The molecule has 2 aromatic carbocycles. The van der Waals surface area contributed by atoms with Crippen molar-refractivity contribution in [2.45, 2.75) is 45.3 Å². The Morgan fingerprint density at radius 1 is 1.06 bits per heavy atom. The van der Waals surface area contributed by atoms with Gasteiger partial charge in [0.1, 0.15) is 6.61 Å². The van der Waals surface area contributed by atoms with Crippen LogP contribution in [0, 0.1) is 13.8 Å². The summed E-state index contributed by atoms with van der Waals surface area (Å²) in [6.45, 7) is 6.41. The van der Waals surface area contributed by atoms with E-state index in [1.807, 2.05) is 30.3 Å². The lowest BCUT2D eigenvalue weighted by Gasteiger charge is -2.48. The topological polar surface area (TPSA) is 66.9 Å². The van der Waals surface area contributed by atoms with Crippen molar-refractivity contribution in [3.05, 3.63) is 70.3 Å². The molecule has 1 saturated heterocycles. The van der Waals surface area contributed by atoms with E-state index in [1.165, 1.54) is 22.9 Å². The van der Waals surface area contributed by atoms with Crippen molar-refractivity contribution in [2.75, 3.05) is 25.9 Å². The summed E-state index contributed by atoms with van der Waals surface area (Å²) >= 11 is 0. The first-order chi connectivity index (χ1) is 14.7. The lowest BCUT2D eigenvalue weighted by molar-refractivity contribution is 0.0716. The standard InChI is InChI=1S/C24H30N2O4S/c1-18-13-21-15-26(31(3,28)29)17-24(22(21)14-19(18)2)9-11-25(12-10-24)23(27)30-16-20-7-5-4-6-8-20/h4-8,13-14H,9-12,15-17H2,1-3H3. The van der Waals surface area contributed by atoms with Crippen LogP contribution in [0.1, 0.15) is 40.7 Å². The summed E-state index contributed by atoms with van der Waals surface area (Å²) in [6, 6.07) is 14.0. The molecule has 2 aliphatic rings. The van der Waals surface area contributed by atoms with Crippen LogP contribution in [0.15, 0.2) is 42.5 Å². The fraction of sp³-hybridized carbons (Fsp3) is 0.458. The first-order valence-corrected chi connectivity index (χ1v) is 12.5. The fourth-order valence-electron chi connectivity index (χ4n) is 4.76. The maximum atomic E-state index is 12.6. The van der Waals surface area contributed by atoms with Gasteiger partial charge in [-0.25, -0.2) is 13.2 Å². The SMILES string of the molecule is Cc1cc2c(cc1C)C1(CCN(C(=O)OCc3ccccc3)CC1)CN(S(C)(=O)=O)C2. The van der Waals surface area contributed by atoms with E-state index < -0.39 is 10.0 Å². The Hall–Kier alpha value is -2.38. The summed E-state index contributed by atoms with van der Waals surface area (Å²) in [6.07, 6.45) is 2.40. The maximum Gasteiger partial charge on any atom is 0.410 e. The molecule has 1 spiro atoms. The van der Waals surface area contributed by atoms with Gasteiger partial charge < -0.3 is 9.64 Å². The number of sulfonamides is 1. The number of hydrogen-bond donors (Lipinski definition) is 0. The zero-order valence-electron chi connectivity index (χ0n) is 18.4. The molecule has 0 unspecified atom stereocenters. The second kappa shape index (κ2) is 8.28. The van der Waals surface area contributed by atoms with Crippen molar-refractivity contribution >= 4 is 16.1 Å². The number of ether oxygens (including phenoxy) is 1. The summed E-state index contributed by atoms with van der Waals surface area (Å²) in [5, 5.41) is 0. The highest BCUT2D eigenvalue weighted by atomic mass is 32.2. The number of amides is 1. The Labute approximate surface area is 184 Å². The summed E-state index contributed by atoms with van der Waals surface area (Å²) in [5.74, 6) is 0. The second-order valence-corrected chi connectivity index (χ2v) is 10.9. The fourth-order valence-corrected chi connectivity index (χ4v) is 5.61. The largest absolute Gasteiger partial charge is 0.445 e. The van der Waals surface area contributed by atoms with Crippen LogP contribution in [-0.2, 0) is 33.3 Å². The molecule has 2 heterocycles. The molecule has 0 N–H and O–H groups in total. The summed E-state index contributed by atoms with van der Waals surface area (Å²) < 4.78 is 31.9. The number of aryl methyl sites for hydroxylation is 2. The van der Waals surface area contributed by atoms with Gasteiger partial charge >= 0.3 is 6.09 Å². The number of rotatable bonds is 3. The molecule has 0 saturated carbocycles. The lowest BCUT2D eigenvalue weighted by Crippen LogP contribution is -2.54. The van der Waals surface area contributed by atoms with Crippen LogP contribution >= 0.6 is 0 Å². The molecule has 166 valence electrons. The molecule has 6 nitrogen and oxygen atoms in total. The second-order valence-electron chi connectivity index (χ2n) is 8.93. The molecule has 0 radical (unpaired) electrons. The molecule has 7 heteroatoms. The molecule has 2 aromatic rings. The van der Waals surface area contributed by atoms with Gasteiger partial charge in [-0.1, -0.05) is 42.5 Å². The van der Waals surface area contributed by atoms with Gasteiger partial charge in [-0.2, -0.15) is 4.31 Å². The van der Waals surface area contributed by atoms with Crippen LogP contribution in [0.5, 0.6) is 0 Å². The van der Waals surface area contributed by atoms with Crippen molar-refractivity contribution < 1.29 is 17.9 Å². The van der Waals surface area contributed by atoms with Gasteiger partial charge in [0.15, 0.2) is 0 Å². The Bertz CT molecular complexity index is 1070. The molecule has 0 atom stereocenters. The van der Waals surface area contributed by atoms with Crippen molar-refractivity contribution in [3.8, 4) is 0 Å². The predicted molar refractivity (Wildman–Crippen MR) is 120 cm³/mol. The van der Waals surface area contributed by atoms with Crippen molar-refractivity contribution in [1.82, 2.24) is 9.21 Å². The third-order valence-electron chi connectivity index (χ3n) is 6.77. The van der Waals surface area contributed by atoms with E-state index in [2.05, 4.69) is 26.0 Å². The lowest BCUT2D eigenvalue weighted by atomic mass is 9.68. The van der Waals surface area contributed by atoms with Crippen molar-refractivity contribution in [2.24, 2.45) is 0 Å². The Kier molecular flexibility index (Phi) is 5.83. The summed E-state index contributed by atoms with van der Waals surface area (Å²) in [4.78, 5) is 14.4. The number of nitrogens with zero attached hydrogens (tertiary/aromatic N) is 2. The molecule has 2 aliphatic heterocycles. The smallest absolute Gasteiger partial charge is 0.410 e. The molecule has 0 bridgehead atoms. The number of fused-ring (bicyclic) bond motifs is 2. The first-order valence-electron chi connectivity index (χ1n) is 10.7. The van der Waals surface area contributed by atoms with Gasteiger partial charge in [-0.15, -0.1) is 0 Å². The van der Waals surface area contributed by atoms with E-state index in [1.54, 1.807) is 9.21 Å². The number of carbonyl (C=O) groups excluding carboxylic acids is 1. The van der Waals surface area contributed by atoms with Crippen LogP contribution < -0.4 is 0 Å². The Balaban J connectivity index is 1.52. The highest BCUT2D eigenvalue weighted by molar-refractivity contribution is 7.88. The minimum atomic E-state index is -3.31. The van der Waals surface area contributed by atoms with Crippen LogP contribution in [0.2, 0.25) is 0 Å². The molecule has 1 amide bonds. The average molecular weight is 443 g/mol. The number of hydrogen-bond acceptors (Lipinski definition) is 4. The third kappa shape index (κ3) is 4.48. The molecule has 0 aromatic heterocycles. The minimum absolute atomic E-state index is 0.254. The number of likely N-dealkylation sites (tertiary alicyclic amines) is 1. The van der Waals surface area contributed by atoms with Gasteiger partial charge in [0.05, 0.1) is 6.26 Å². The minimum Gasteiger partial charge on any atom is -0.445 e. The molecular weight excluding hydrogens is 412 g/mol. The van der Waals surface area contributed by atoms with Crippen LogP contribution in [0.25, 0.3) is 0 Å². The molecular formula is C24H30N2O4S. The Morgan fingerprint density at radius 3 is 2.35 bits per heavy atom. The first kappa shape index (κ1) is 21.8. The van der Waals surface area contributed by atoms with Crippen LogP contribution in [-0.4, -0.2) is 49.6 Å². The van der Waals surface area contributed by atoms with E-state index in [9.17, 15) is 13.2 Å². The van der Waals surface area contributed by atoms with Crippen LogP contribution in [0.3, 0.4) is 0 Å². The molecule has 1 fully saturated rings. The quantitative estimate of drug-likeness (QED) is 0.726. The average Bonchev–Trinajstić information content (AvgIpc) is 2.74. The predicted octanol–water partition coefficient (Wildman–Crippen LogP) is 3.75. The van der Waals surface area contributed by atoms with E-state index in [4.69, 9.17) is 4.74 Å². The number of piperidine rings is 1. The highest BCUT2D eigenvalue weighted by Crippen LogP contribution is 2.43. The zero-order chi connectivity index (χ0) is 22.2. The monoisotopic (exact) mass is 442 g/mol. The van der Waals surface area contributed by atoms with Crippen molar-refractivity contribution in [3.63, 3.8) is 0 Å². The van der Waals surface area contributed by atoms with Gasteiger partial charge in [0.25, 0.3) is 0 Å². The normalized spacial score (nSPS) is 18.6. The van der Waals surface area contributed by atoms with Crippen molar-refractivity contribution in [1.29, 1.82) is 0 Å². The zero-order valence-corrected chi connectivity index (χ0v) is 19.2. The van der Waals surface area contributed by atoms with Gasteiger partial charge in [-0.05, 0) is 54.5 Å².